The molecule has 3 aromatic carbocycles. The van der Waals surface area contributed by atoms with Gasteiger partial charge in [0.2, 0.25) is 10.0 Å². The van der Waals surface area contributed by atoms with Gasteiger partial charge in [0.15, 0.2) is 17.3 Å². The van der Waals surface area contributed by atoms with Crippen LogP contribution >= 0.6 is 0 Å². The number of hydrogen-bond acceptors (Lipinski definition) is 7. The van der Waals surface area contributed by atoms with E-state index in [1.54, 1.807) is 49.4 Å². The molecular formula is C31H27F3N4O5S. The summed E-state index contributed by atoms with van der Waals surface area (Å²) in [6.45, 7) is 1.10. The average Bonchev–Trinajstić information content (AvgIpc) is 3.68. The Hall–Kier alpha value is -4.78. The quantitative estimate of drug-likeness (QED) is 0.238. The third kappa shape index (κ3) is 5.50. The van der Waals surface area contributed by atoms with Crippen LogP contribution in [-0.4, -0.2) is 49.3 Å². The molecule has 0 saturated carbocycles. The Labute approximate surface area is 251 Å². The Balaban J connectivity index is 1.26. The molecule has 0 spiro atoms. The number of fused-ring (bicyclic) bond motifs is 1. The molecule has 1 aliphatic carbocycles. The van der Waals surface area contributed by atoms with Crippen molar-refractivity contribution in [3.05, 3.63) is 94.4 Å². The number of halogens is 3. The molecule has 1 saturated heterocycles. The first-order valence-corrected chi connectivity index (χ1v) is 15.3. The van der Waals surface area contributed by atoms with E-state index < -0.39 is 28.9 Å². The summed E-state index contributed by atoms with van der Waals surface area (Å²) < 4.78 is 78.7. The van der Waals surface area contributed by atoms with Gasteiger partial charge < -0.3 is 15.2 Å². The number of anilines is 2. The van der Waals surface area contributed by atoms with E-state index in [1.807, 2.05) is 0 Å². The van der Waals surface area contributed by atoms with Gasteiger partial charge in [0, 0.05) is 18.5 Å². The number of carbonyl (C=O) groups is 1. The normalized spacial score (nSPS) is 15.4. The molecule has 0 amide bonds. The largest absolute Gasteiger partial charge is 0.485 e. The molecule has 0 bridgehead atoms. The van der Waals surface area contributed by atoms with E-state index in [9.17, 15) is 26.4 Å². The highest BCUT2D eigenvalue weighted by atomic mass is 32.2. The minimum Gasteiger partial charge on any atom is -0.485 e. The van der Waals surface area contributed by atoms with E-state index >= 15 is 0 Å². The lowest BCUT2D eigenvalue weighted by molar-refractivity contribution is 0.0821. The van der Waals surface area contributed by atoms with Crippen LogP contribution in [0.2, 0.25) is 0 Å². The predicted molar refractivity (Wildman–Crippen MR) is 159 cm³/mol. The summed E-state index contributed by atoms with van der Waals surface area (Å²) in [5.74, 6) is -0.333. The monoisotopic (exact) mass is 624 g/mol. The van der Waals surface area contributed by atoms with Gasteiger partial charge in [0.1, 0.15) is 23.9 Å². The maximum Gasteiger partial charge on any atom is 0.272 e. The Kier molecular flexibility index (Phi) is 7.58. The molecule has 13 heteroatoms. The number of rotatable bonds is 9. The zero-order valence-corrected chi connectivity index (χ0v) is 24.3. The third-order valence-corrected chi connectivity index (χ3v) is 9.32. The number of Topliss-reactive ketones (excluding diaryl/α,β-unsaturated/α-hetero) is 1. The molecule has 2 N–H and O–H groups in total. The molecule has 2 aliphatic rings. The zero-order valence-electron chi connectivity index (χ0n) is 23.5. The maximum atomic E-state index is 14.0. The van der Waals surface area contributed by atoms with E-state index in [1.165, 1.54) is 33.4 Å². The lowest BCUT2D eigenvalue weighted by atomic mass is 10.0. The maximum absolute atomic E-state index is 14.0. The molecule has 4 aromatic rings. The summed E-state index contributed by atoms with van der Waals surface area (Å²) in [6.07, 6.45) is 0.809. The first kappa shape index (κ1) is 29.3. The zero-order chi connectivity index (χ0) is 31.2. The van der Waals surface area contributed by atoms with Gasteiger partial charge in [0.05, 0.1) is 28.9 Å². The molecule has 1 aromatic heterocycles. The Morgan fingerprint density at radius 2 is 1.89 bits per heavy atom. The highest BCUT2D eigenvalue weighted by Gasteiger charge is 2.33. The smallest absolute Gasteiger partial charge is 0.272 e. The van der Waals surface area contributed by atoms with Gasteiger partial charge in [-0.1, -0.05) is 12.1 Å². The van der Waals surface area contributed by atoms with Crippen molar-refractivity contribution in [2.75, 3.05) is 28.9 Å². The number of nitrogens with zero attached hydrogens (tertiary/aromatic N) is 3. The number of benzene rings is 3. The van der Waals surface area contributed by atoms with Crippen LogP contribution in [0.5, 0.6) is 17.2 Å². The molecule has 0 radical (unpaired) electrons. The summed E-state index contributed by atoms with van der Waals surface area (Å²) >= 11 is 0. The second-order valence-corrected chi connectivity index (χ2v) is 12.5. The number of para-hydroxylation sites is 1. The molecule has 0 unspecified atom stereocenters. The minimum atomic E-state index is -3.62. The van der Waals surface area contributed by atoms with Crippen molar-refractivity contribution < 1.29 is 35.9 Å². The highest BCUT2D eigenvalue weighted by molar-refractivity contribution is 7.93. The van der Waals surface area contributed by atoms with Gasteiger partial charge >= 0.3 is 0 Å². The van der Waals surface area contributed by atoms with Crippen molar-refractivity contribution in [2.45, 2.75) is 26.2 Å². The van der Waals surface area contributed by atoms with Crippen LogP contribution in [0.4, 0.5) is 24.7 Å². The SMILES string of the molecule is Cc1cc(Oc2ccccc2F)ccc1-n1ncc(C(=O)C2=Cc3cc(OCC(F)F)c(N4CCCS4(=O)=O)cc3C2)c1N. The summed E-state index contributed by atoms with van der Waals surface area (Å²) in [5, 5.41) is 4.33. The second kappa shape index (κ2) is 11.4. The molecule has 1 fully saturated rings. The fourth-order valence-electron chi connectivity index (χ4n) is 5.36. The summed E-state index contributed by atoms with van der Waals surface area (Å²) in [4.78, 5) is 13.6. The van der Waals surface area contributed by atoms with E-state index in [0.29, 0.717) is 40.1 Å². The van der Waals surface area contributed by atoms with Gasteiger partial charge in [0.25, 0.3) is 6.43 Å². The van der Waals surface area contributed by atoms with Crippen LogP contribution in [0.1, 0.15) is 33.5 Å². The van der Waals surface area contributed by atoms with E-state index in [2.05, 4.69) is 5.10 Å². The molecule has 0 atom stereocenters. The van der Waals surface area contributed by atoms with Gasteiger partial charge in [-0.15, -0.1) is 0 Å². The van der Waals surface area contributed by atoms with E-state index in [-0.39, 0.29) is 53.1 Å². The lowest BCUT2D eigenvalue weighted by Crippen LogP contribution is -2.26. The summed E-state index contributed by atoms with van der Waals surface area (Å²) in [5.41, 5.74) is 9.61. The van der Waals surface area contributed by atoms with Crippen LogP contribution < -0.4 is 19.5 Å². The van der Waals surface area contributed by atoms with Gasteiger partial charge in [-0.25, -0.2) is 26.3 Å². The number of carbonyl (C=O) groups excluding carboxylic acids is 1. The molecule has 2 heterocycles. The fraction of sp³-hybridized carbons (Fsp3) is 0.226. The number of nitrogen functional groups attached to an aromatic ring is 1. The van der Waals surface area contributed by atoms with Gasteiger partial charge in [-0.3, -0.25) is 9.10 Å². The Bertz CT molecular complexity index is 1920. The number of ketones is 1. The van der Waals surface area contributed by atoms with Crippen molar-refractivity contribution in [1.29, 1.82) is 0 Å². The first-order valence-electron chi connectivity index (χ1n) is 13.7. The van der Waals surface area contributed by atoms with Crippen LogP contribution in [0, 0.1) is 12.7 Å². The highest BCUT2D eigenvalue weighted by Crippen LogP contribution is 2.40. The van der Waals surface area contributed by atoms with Crippen LogP contribution in [-0.2, 0) is 16.4 Å². The number of ether oxygens (including phenoxy) is 2. The minimum absolute atomic E-state index is 0.00436. The Morgan fingerprint density at radius 1 is 1.09 bits per heavy atom. The summed E-state index contributed by atoms with van der Waals surface area (Å²) in [6, 6.07) is 14.2. The van der Waals surface area contributed by atoms with Gasteiger partial charge in [-0.2, -0.15) is 5.10 Å². The predicted octanol–water partition coefficient (Wildman–Crippen LogP) is 5.70. The molecule has 1 aliphatic heterocycles. The number of nitrogens with two attached hydrogens (primary N) is 1. The summed E-state index contributed by atoms with van der Waals surface area (Å²) in [7, 11) is -3.62. The van der Waals surface area contributed by atoms with Crippen LogP contribution in [0.3, 0.4) is 0 Å². The van der Waals surface area contributed by atoms with Crippen molar-refractivity contribution in [3.63, 3.8) is 0 Å². The number of sulfonamides is 1. The fourth-order valence-corrected chi connectivity index (χ4v) is 6.92. The van der Waals surface area contributed by atoms with Crippen molar-refractivity contribution in [1.82, 2.24) is 9.78 Å². The second-order valence-electron chi connectivity index (χ2n) is 10.5. The number of aromatic nitrogens is 2. The molecule has 6 rings (SSSR count). The topological polar surface area (TPSA) is 117 Å². The third-order valence-electron chi connectivity index (χ3n) is 7.47. The standard InChI is InChI=1S/C31H27F3N4O5S/c1-18-11-22(43-27-6-3-2-5-24(27)32)7-8-25(18)38-31(35)23(16-36-38)30(39)21-12-19-14-26(37-9-4-10-44(37,40)41)28(15-20(19)13-21)42-17-29(33)34/h2-3,5-8,11,13-16,29H,4,9-10,12,17,35H2,1H3. The van der Waals surface area contributed by atoms with Crippen molar-refractivity contribution >= 4 is 33.4 Å². The van der Waals surface area contributed by atoms with E-state index in [4.69, 9.17) is 15.2 Å². The van der Waals surface area contributed by atoms with Crippen LogP contribution in [0.25, 0.3) is 11.8 Å². The number of allylic oxidation sites excluding steroid dienone is 1. The van der Waals surface area contributed by atoms with Gasteiger partial charge in [-0.05, 0) is 78.6 Å². The van der Waals surface area contributed by atoms with Crippen molar-refractivity contribution in [3.8, 4) is 22.9 Å². The average molecular weight is 625 g/mol. The van der Waals surface area contributed by atoms with Crippen molar-refractivity contribution in [2.24, 2.45) is 0 Å². The molecular weight excluding hydrogens is 597 g/mol. The lowest BCUT2D eigenvalue weighted by Gasteiger charge is -2.22. The first-order chi connectivity index (χ1) is 21.0. The molecule has 44 heavy (non-hydrogen) atoms. The molecule has 9 nitrogen and oxygen atoms in total. The number of alkyl halides is 2. The number of hydrogen-bond donors (Lipinski definition) is 1. The van der Waals surface area contributed by atoms with E-state index in [0.717, 1.165) is 0 Å². The van der Waals surface area contributed by atoms with Crippen LogP contribution in [0.15, 0.2) is 66.4 Å². The molecule has 228 valence electrons. The number of aryl methyl sites for hydroxylation is 1. The Morgan fingerprint density at radius 3 is 2.59 bits per heavy atom.